The van der Waals surface area contributed by atoms with Crippen LogP contribution < -0.4 is 10.1 Å². The maximum absolute atomic E-state index is 13.9. The summed E-state index contributed by atoms with van der Waals surface area (Å²) in [5, 5.41) is 3.30. The molecule has 0 aliphatic rings. The van der Waals surface area contributed by atoms with Crippen LogP contribution in [0.1, 0.15) is 26.6 Å². The number of hydrogen-bond donors (Lipinski definition) is 1. The van der Waals surface area contributed by atoms with E-state index in [2.05, 4.69) is 15.3 Å². The molecule has 0 aliphatic carbocycles. The maximum atomic E-state index is 13.9. The lowest BCUT2D eigenvalue weighted by atomic mass is 10.2. The van der Waals surface area contributed by atoms with E-state index in [9.17, 15) is 9.18 Å². The number of halogens is 1. The number of ether oxygens (including phenoxy) is 2. The van der Waals surface area contributed by atoms with Crippen LogP contribution in [-0.4, -0.2) is 30.1 Å². The van der Waals surface area contributed by atoms with Crippen LogP contribution in [0.2, 0.25) is 0 Å². The summed E-state index contributed by atoms with van der Waals surface area (Å²) in [6.45, 7) is 3.86. The van der Waals surface area contributed by atoms with E-state index in [0.29, 0.717) is 32.4 Å². The van der Waals surface area contributed by atoms with Gasteiger partial charge < -0.3 is 14.8 Å². The summed E-state index contributed by atoms with van der Waals surface area (Å²) in [5.74, 6) is -0.0285. The summed E-state index contributed by atoms with van der Waals surface area (Å²) in [6, 6.07) is 4.56. The summed E-state index contributed by atoms with van der Waals surface area (Å²) in [5.41, 5.74) is 1.69. The number of thiophene rings is 1. The predicted molar refractivity (Wildman–Crippen MR) is 98.5 cm³/mol. The highest BCUT2D eigenvalue weighted by Crippen LogP contribution is 2.35. The SMILES string of the molecule is COCc1nc(OC)c2c(C)c(C(=O)Nc3cc(C)ccc3F)sc2n1. The largest absolute Gasteiger partial charge is 0.480 e. The Bertz CT molecular complexity index is 987. The fourth-order valence-corrected chi connectivity index (χ4v) is 3.70. The number of nitrogens with one attached hydrogen (secondary N) is 1. The summed E-state index contributed by atoms with van der Waals surface area (Å²) in [6.07, 6.45) is 0. The highest BCUT2D eigenvalue weighted by atomic mass is 32.1. The third-order valence-electron chi connectivity index (χ3n) is 3.85. The highest BCUT2D eigenvalue weighted by Gasteiger charge is 2.22. The number of aryl methyl sites for hydroxylation is 2. The molecule has 1 N–H and O–H groups in total. The van der Waals surface area contributed by atoms with E-state index >= 15 is 0 Å². The Morgan fingerprint density at radius 1 is 1.27 bits per heavy atom. The van der Waals surface area contributed by atoms with Crippen LogP contribution in [0.25, 0.3) is 10.2 Å². The fraction of sp³-hybridized carbons (Fsp3) is 0.278. The second-order valence-electron chi connectivity index (χ2n) is 5.76. The number of amides is 1. The third kappa shape index (κ3) is 3.38. The Hall–Kier alpha value is -2.58. The van der Waals surface area contributed by atoms with Gasteiger partial charge in [-0.2, -0.15) is 4.98 Å². The van der Waals surface area contributed by atoms with Crippen molar-refractivity contribution in [2.45, 2.75) is 20.5 Å². The first-order chi connectivity index (χ1) is 12.4. The molecule has 2 heterocycles. The molecule has 2 aromatic heterocycles. The topological polar surface area (TPSA) is 73.3 Å². The number of aromatic nitrogens is 2. The molecule has 1 amide bonds. The van der Waals surface area contributed by atoms with Crippen LogP contribution in [0, 0.1) is 19.7 Å². The van der Waals surface area contributed by atoms with Crippen molar-refractivity contribution in [1.29, 1.82) is 0 Å². The molecular formula is C18H18FN3O3S. The average molecular weight is 375 g/mol. The van der Waals surface area contributed by atoms with E-state index in [4.69, 9.17) is 9.47 Å². The van der Waals surface area contributed by atoms with Gasteiger partial charge in [0.25, 0.3) is 5.91 Å². The van der Waals surface area contributed by atoms with Gasteiger partial charge in [0.2, 0.25) is 5.88 Å². The van der Waals surface area contributed by atoms with Gasteiger partial charge in [-0.05, 0) is 37.1 Å². The number of nitrogens with zero attached hydrogens (tertiary/aromatic N) is 2. The predicted octanol–water partition coefficient (Wildman–Crippen LogP) is 3.85. The number of rotatable bonds is 5. The van der Waals surface area contributed by atoms with Gasteiger partial charge in [-0.1, -0.05) is 6.07 Å². The van der Waals surface area contributed by atoms with Gasteiger partial charge in [0, 0.05) is 7.11 Å². The van der Waals surface area contributed by atoms with Gasteiger partial charge in [0.15, 0.2) is 5.82 Å². The molecule has 1 aromatic carbocycles. The van der Waals surface area contributed by atoms with Crippen molar-refractivity contribution in [1.82, 2.24) is 9.97 Å². The Morgan fingerprint density at radius 3 is 2.73 bits per heavy atom. The number of anilines is 1. The standard InChI is InChI=1S/C18H18FN3O3S/c1-9-5-6-11(19)12(7-9)20-16(23)15-10(2)14-17(25-4)21-13(8-24-3)22-18(14)26-15/h5-7H,8H2,1-4H3,(H,20,23). The van der Waals surface area contributed by atoms with E-state index in [-0.39, 0.29) is 12.3 Å². The van der Waals surface area contributed by atoms with Crippen LogP contribution in [0.3, 0.4) is 0 Å². The van der Waals surface area contributed by atoms with Crippen molar-refractivity contribution in [3.8, 4) is 5.88 Å². The molecule has 0 fully saturated rings. The van der Waals surface area contributed by atoms with E-state index < -0.39 is 11.7 Å². The van der Waals surface area contributed by atoms with Crippen LogP contribution in [-0.2, 0) is 11.3 Å². The van der Waals surface area contributed by atoms with E-state index in [1.54, 1.807) is 26.2 Å². The van der Waals surface area contributed by atoms with Crippen molar-refractivity contribution in [2.24, 2.45) is 0 Å². The summed E-state index contributed by atoms with van der Waals surface area (Å²) < 4.78 is 24.4. The van der Waals surface area contributed by atoms with Gasteiger partial charge >= 0.3 is 0 Å². The number of benzene rings is 1. The molecule has 0 saturated heterocycles. The molecule has 0 atom stereocenters. The first kappa shape index (κ1) is 18.2. The molecule has 3 aromatic rings. The van der Waals surface area contributed by atoms with Crippen LogP contribution >= 0.6 is 11.3 Å². The van der Waals surface area contributed by atoms with Crippen molar-refractivity contribution in [2.75, 3.05) is 19.5 Å². The average Bonchev–Trinajstić information content (AvgIpc) is 2.94. The quantitative estimate of drug-likeness (QED) is 0.733. The molecule has 0 aliphatic heterocycles. The number of carbonyl (C=O) groups is 1. The first-order valence-electron chi connectivity index (χ1n) is 7.85. The molecule has 136 valence electrons. The zero-order chi connectivity index (χ0) is 18.8. The van der Waals surface area contributed by atoms with Crippen LogP contribution in [0.4, 0.5) is 10.1 Å². The van der Waals surface area contributed by atoms with Crippen molar-refractivity contribution in [3.05, 3.63) is 45.8 Å². The summed E-state index contributed by atoms with van der Waals surface area (Å²) in [4.78, 5) is 22.5. The normalized spacial score (nSPS) is 11.0. The Balaban J connectivity index is 2.03. The highest BCUT2D eigenvalue weighted by molar-refractivity contribution is 7.20. The second kappa shape index (κ2) is 7.35. The Kier molecular flexibility index (Phi) is 5.15. The van der Waals surface area contributed by atoms with Gasteiger partial charge in [-0.15, -0.1) is 11.3 Å². The lowest BCUT2D eigenvalue weighted by Crippen LogP contribution is -2.12. The smallest absolute Gasteiger partial charge is 0.266 e. The lowest BCUT2D eigenvalue weighted by molar-refractivity contribution is 0.102. The van der Waals surface area contributed by atoms with Crippen molar-refractivity contribution < 1.29 is 18.7 Å². The minimum atomic E-state index is -0.484. The Morgan fingerprint density at radius 2 is 2.04 bits per heavy atom. The number of hydrogen-bond acceptors (Lipinski definition) is 6. The molecule has 0 radical (unpaired) electrons. The molecule has 26 heavy (non-hydrogen) atoms. The van der Waals surface area contributed by atoms with Gasteiger partial charge in [-0.25, -0.2) is 9.37 Å². The minimum Gasteiger partial charge on any atom is -0.480 e. The second-order valence-corrected chi connectivity index (χ2v) is 6.75. The van der Waals surface area contributed by atoms with Gasteiger partial charge in [0.05, 0.1) is 23.1 Å². The first-order valence-corrected chi connectivity index (χ1v) is 8.66. The van der Waals surface area contributed by atoms with Crippen molar-refractivity contribution >= 4 is 33.1 Å². The molecule has 6 nitrogen and oxygen atoms in total. The number of carbonyl (C=O) groups excluding carboxylic acids is 1. The molecule has 8 heteroatoms. The Labute approximate surface area is 154 Å². The summed E-state index contributed by atoms with van der Waals surface area (Å²) >= 11 is 1.21. The fourth-order valence-electron chi connectivity index (χ4n) is 2.62. The van der Waals surface area contributed by atoms with E-state index in [1.807, 2.05) is 6.92 Å². The van der Waals surface area contributed by atoms with E-state index in [0.717, 1.165) is 5.56 Å². The number of methoxy groups -OCH3 is 2. The summed E-state index contributed by atoms with van der Waals surface area (Å²) in [7, 11) is 3.06. The molecule has 3 rings (SSSR count). The van der Waals surface area contributed by atoms with Crippen LogP contribution in [0.15, 0.2) is 18.2 Å². The monoisotopic (exact) mass is 375 g/mol. The minimum absolute atomic E-state index is 0.143. The van der Waals surface area contributed by atoms with Gasteiger partial charge in [0.1, 0.15) is 17.3 Å². The molecule has 0 unspecified atom stereocenters. The molecule has 0 saturated carbocycles. The zero-order valence-corrected chi connectivity index (χ0v) is 15.7. The molecular weight excluding hydrogens is 357 g/mol. The third-order valence-corrected chi connectivity index (χ3v) is 5.03. The molecule has 0 spiro atoms. The zero-order valence-electron chi connectivity index (χ0n) is 14.8. The lowest BCUT2D eigenvalue weighted by Gasteiger charge is -2.07. The van der Waals surface area contributed by atoms with Crippen LogP contribution in [0.5, 0.6) is 5.88 Å². The van der Waals surface area contributed by atoms with E-state index in [1.165, 1.54) is 24.5 Å². The van der Waals surface area contributed by atoms with Gasteiger partial charge in [-0.3, -0.25) is 4.79 Å². The maximum Gasteiger partial charge on any atom is 0.266 e. The van der Waals surface area contributed by atoms with Crippen molar-refractivity contribution in [3.63, 3.8) is 0 Å². The number of fused-ring (bicyclic) bond motifs is 1. The molecule has 0 bridgehead atoms.